The molecule has 4 aromatic carbocycles. The lowest BCUT2D eigenvalue weighted by Gasteiger charge is -2.36. The van der Waals surface area contributed by atoms with Crippen molar-refractivity contribution >= 4 is 64.1 Å². The number of sulfonamides is 1. The molecule has 0 bridgehead atoms. The zero-order chi connectivity index (χ0) is 45.7. The van der Waals surface area contributed by atoms with E-state index in [-0.39, 0.29) is 44.0 Å². The Morgan fingerprint density at radius 1 is 0.905 bits per heavy atom. The molecular weight excluding hydrogens is 854 g/mol. The molecule has 1 N–H and O–H groups in total. The van der Waals surface area contributed by atoms with Crippen molar-refractivity contribution in [2.24, 2.45) is 0 Å². The fourth-order valence-electron chi connectivity index (χ4n) is 7.26. The minimum atomic E-state index is -4.39. The molecule has 12 nitrogen and oxygen atoms in total. The van der Waals surface area contributed by atoms with Crippen LogP contribution in [0, 0.1) is 6.92 Å². The van der Waals surface area contributed by atoms with Crippen molar-refractivity contribution in [2.75, 3.05) is 31.2 Å². The molecule has 0 saturated carbocycles. The smallest absolute Gasteiger partial charge is 0.280 e. The highest BCUT2D eigenvalue weighted by atomic mass is 35.5. The highest BCUT2D eigenvalue weighted by Gasteiger charge is 2.37. The van der Waals surface area contributed by atoms with Gasteiger partial charge in [-0.2, -0.15) is 5.10 Å². The maximum Gasteiger partial charge on any atom is 0.280 e. The number of nitrogens with zero attached hydrogens (tertiary/aromatic N) is 4. The number of nitrogens with one attached hydrogen (secondary N) is 1. The predicted molar refractivity (Wildman–Crippen MR) is 252 cm³/mol. The fourth-order valence-corrected chi connectivity index (χ4v) is 9.51. The van der Waals surface area contributed by atoms with Crippen LogP contribution in [-0.4, -0.2) is 75.4 Å². The number of hydrogen-bond acceptors (Lipinski definition) is 8. The van der Waals surface area contributed by atoms with Crippen molar-refractivity contribution in [2.45, 2.75) is 110 Å². The Labute approximate surface area is 378 Å². The maximum atomic E-state index is 14.7. The Kier molecular flexibility index (Phi) is 14.9. The van der Waals surface area contributed by atoms with Gasteiger partial charge in [-0.15, -0.1) is 0 Å². The number of unbranched alkanes of at least 4 members (excludes halogenated alkanes) is 2. The highest BCUT2D eigenvalue weighted by Crippen LogP contribution is 2.37. The van der Waals surface area contributed by atoms with Crippen LogP contribution in [0.3, 0.4) is 0 Å². The third-order valence-corrected chi connectivity index (χ3v) is 18.5. The molecule has 0 aliphatic carbocycles. The number of hydrogen-bond donors (Lipinski definition) is 1. The fraction of sp³-hybridized carbons (Fsp3) is 0.417. The Morgan fingerprint density at radius 3 is 2.33 bits per heavy atom. The summed E-state index contributed by atoms with van der Waals surface area (Å²) in [5.41, 5.74) is 3.17. The van der Waals surface area contributed by atoms with E-state index < -0.39 is 36.1 Å². The monoisotopic (exact) mass is 913 g/mol. The van der Waals surface area contributed by atoms with Crippen molar-refractivity contribution in [3.8, 4) is 5.75 Å². The largest absolute Gasteiger partial charge is 0.491 e. The quantitative estimate of drug-likeness (QED) is 0.0719. The summed E-state index contributed by atoms with van der Waals surface area (Å²) in [4.78, 5) is 46.2. The van der Waals surface area contributed by atoms with Crippen LogP contribution in [0.25, 0.3) is 10.8 Å². The number of carbonyl (C=O) groups excluding carboxylic acids is 3. The van der Waals surface area contributed by atoms with Gasteiger partial charge in [-0.3, -0.25) is 19.1 Å². The van der Waals surface area contributed by atoms with Gasteiger partial charge in [0.15, 0.2) is 14.0 Å². The first-order valence-corrected chi connectivity index (χ1v) is 26.5. The number of rotatable bonds is 17. The number of aromatic nitrogens is 2. The van der Waals surface area contributed by atoms with Gasteiger partial charge >= 0.3 is 0 Å². The molecule has 0 saturated heterocycles. The number of amides is 3. The molecule has 2 heterocycles. The summed E-state index contributed by atoms with van der Waals surface area (Å²) < 4.78 is 43.9. The lowest BCUT2D eigenvalue weighted by Crippen LogP contribution is -2.41. The van der Waals surface area contributed by atoms with Gasteiger partial charge in [0.25, 0.3) is 27.7 Å². The molecule has 6 rings (SSSR count). The van der Waals surface area contributed by atoms with Crippen LogP contribution < -0.4 is 14.4 Å². The molecule has 0 spiro atoms. The topological polar surface area (TPSA) is 140 Å². The molecular formula is C48H60ClN5O7SSi. The second-order valence-corrected chi connectivity index (χ2v) is 24.5. The highest BCUT2D eigenvalue weighted by molar-refractivity contribution is 7.90. The van der Waals surface area contributed by atoms with Crippen LogP contribution >= 0.6 is 11.6 Å². The van der Waals surface area contributed by atoms with Crippen molar-refractivity contribution in [3.05, 3.63) is 118 Å². The van der Waals surface area contributed by atoms with Crippen LogP contribution in [0.1, 0.15) is 108 Å². The number of halogens is 1. The Bertz CT molecular complexity index is 2610. The van der Waals surface area contributed by atoms with Crippen molar-refractivity contribution in [3.63, 3.8) is 0 Å². The molecule has 0 unspecified atom stereocenters. The van der Waals surface area contributed by atoms with Crippen molar-refractivity contribution < 1.29 is 32.0 Å². The number of carbonyl (C=O) groups is 3. The van der Waals surface area contributed by atoms with Crippen molar-refractivity contribution in [1.82, 2.24) is 19.4 Å². The van der Waals surface area contributed by atoms with E-state index >= 15 is 0 Å². The van der Waals surface area contributed by atoms with Gasteiger partial charge in [-0.25, -0.2) is 13.1 Å². The summed E-state index contributed by atoms with van der Waals surface area (Å²) in [6, 6.07) is 22.3. The van der Waals surface area contributed by atoms with E-state index in [1.165, 1.54) is 35.2 Å². The molecule has 0 atom stereocenters. The second-order valence-electron chi connectivity index (χ2n) is 17.7. The molecule has 63 heavy (non-hydrogen) atoms. The van der Waals surface area contributed by atoms with Gasteiger partial charge in [0.1, 0.15) is 12.4 Å². The van der Waals surface area contributed by atoms with Gasteiger partial charge in [0.05, 0.1) is 33.5 Å². The minimum absolute atomic E-state index is 0.0694. The molecule has 5 aromatic rings. The predicted octanol–water partition coefficient (Wildman–Crippen LogP) is 9.96. The molecule has 1 aliphatic rings. The maximum absolute atomic E-state index is 14.7. The van der Waals surface area contributed by atoms with Gasteiger partial charge in [0, 0.05) is 31.7 Å². The van der Waals surface area contributed by atoms with Crippen LogP contribution in [0.15, 0.2) is 83.8 Å². The average Bonchev–Trinajstić information content (AvgIpc) is 3.54. The summed E-state index contributed by atoms with van der Waals surface area (Å²) in [5.74, 6) is -1.25. The van der Waals surface area contributed by atoms with Gasteiger partial charge in [-0.05, 0) is 109 Å². The molecule has 1 aromatic heterocycles. The third-order valence-electron chi connectivity index (χ3n) is 12.2. The lowest BCUT2D eigenvalue weighted by atomic mass is 9.98. The first-order chi connectivity index (χ1) is 29.8. The summed E-state index contributed by atoms with van der Waals surface area (Å²) in [6.45, 7) is 19.1. The van der Waals surface area contributed by atoms with E-state index in [2.05, 4.69) is 50.6 Å². The standard InChI is InChI=1S/C48H60ClN5O7SSi/c1-9-11-24-53(47(57)44-43(49)33(3)54(50-44)25-12-10-2)42-22-19-36(31-41(42)46(56)52-26-23-34-15-13-14-16-37(34)32-52)45(55)51-62(58,59)40-21-18-35-17-20-39(29-38(35)30-40)60-27-28-61-63(7,8)48(4,5)6/h13-22,29-31H,9-12,23-28,32H2,1-8H3,(H,51,55). The Hall–Kier alpha value is -5.02. The van der Waals surface area contributed by atoms with E-state index in [0.29, 0.717) is 62.5 Å². The molecule has 1 aliphatic heterocycles. The van der Waals surface area contributed by atoms with Crippen LogP contribution in [0.5, 0.6) is 5.75 Å². The van der Waals surface area contributed by atoms with E-state index in [9.17, 15) is 22.8 Å². The molecule has 0 fully saturated rings. The number of ether oxygens (including phenoxy) is 1. The second kappa shape index (κ2) is 19.8. The first kappa shape index (κ1) is 47.5. The molecule has 336 valence electrons. The van der Waals surface area contributed by atoms with E-state index in [1.54, 1.807) is 21.7 Å². The normalized spacial score (nSPS) is 13.2. The molecule has 15 heteroatoms. The zero-order valence-electron chi connectivity index (χ0n) is 37.7. The lowest BCUT2D eigenvalue weighted by molar-refractivity contribution is 0.0735. The SMILES string of the molecule is CCCCN(C(=O)c1nn(CCCC)c(C)c1Cl)c1ccc(C(=O)NS(=O)(=O)c2ccc3ccc(OCCO[Si](C)(C)C(C)(C)C)cc3c2)cc1C(=O)N1CCc2ccccc2C1. The van der Waals surface area contributed by atoms with Gasteiger partial charge in [-0.1, -0.05) is 95.5 Å². The Morgan fingerprint density at radius 2 is 1.62 bits per heavy atom. The van der Waals surface area contributed by atoms with Crippen LogP contribution in [-0.2, 0) is 34.0 Å². The third kappa shape index (κ3) is 10.9. The van der Waals surface area contributed by atoms with E-state index in [4.69, 9.17) is 20.8 Å². The molecule has 3 amide bonds. The van der Waals surface area contributed by atoms with Gasteiger partial charge in [0.2, 0.25) is 0 Å². The Balaban J connectivity index is 1.30. The summed E-state index contributed by atoms with van der Waals surface area (Å²) >= 11 is 6.77. The van der Waals surface area contributed by atoms with E-state index in [0.717, 1.165) is 35.8 Å². The average molecular weight is 915 g/mol. The van der Waals surface area contributed by atoms with Crippen molar-refractivity contribution in [1.29, 1.82) is 0 Å². The summed E-state index contributed by atoms with van der Waals surface area (Å²) in [5, 5.41) is 6.32. The number of benzene rings is 4. The van der Waals surface area contributed by atoms with Crippen LogP contribution in [0.2, 0.25) is 23.2 Å². The van der Waals surface area contributed by atoms with Crippen LogP contribution in [0.4, 0.5) is 5.69 Å². The number of fused-ring (bicyclic) bond motifs is 2. The number of anilines is 1. The zero-order valence-corrected chi connectivity index (χ0v) is 40.3. The summed E-state index contributed by atoms with van der Waals surface area (Å²) in [7, 11) is -6.33. The number of aryl methyl sites for hydroxylation is 1. The molecule has 0 radical (unpaired) electrons. The van der Waals surface area contributed by atoms with E-state index in [1.807, 2.05) is 50.2 Å². The summed E-state index contributed by atoms with van der Waals surface area (Å²) in [6.07, 6.45) is 3.78. The minimum Gasteiger partial charge on any atom is -0.491 e. The van der Waals surface area contributed by atoms with Gasteiger partial charge < -0.3 is 19.0 Å². The first-order valence-electron chi connectivity index (χ1n) is 21.8.